The summed E-state index contributed by atoms with van der Waals surface area (Å²) in [6.45, 7) is 8.46. The highest BCUT2D eigenvalue weighted by atomic mass is 16.5. The Kier molecular flexibility index (Phi) is 5.93. The number of allylic oxidation sites excluding steroid dienone is 1. The summed E-state index contributed by atoms with van der Waals surface area (Å²) in [5, 5.41) is 2.81. The molecule has 0 saturated carbocycles. The van der Waals surface area contributed by atoms with Crippen LogP contribution in [0.4, 0.5) is 5.69 Å². The van der Waals surface area contributed by atoms with E-state index < -0.39 is 0 Å². The number of nitrogens with two attached hydrogens (primary N) is 1. The van der Waals surface area contributed by atoms with E-state index in [0.717, 1.165) is 5.56 Å². The van der Waals surface area contributed by atoms with Crippen molar-refractivity contribution in [1.29, 1.82) is 0 Å². The molecule has 0 spiro atoms. The van der Waals surface area contributed by atoms with Gasteiger partial charge < -0.3 is 15.8 Å². The van der Waals surface area contributed by atoms with Gasteiger partial charge in [0.15, 0.2) is 6.61 Å². The van der Waals surface area contributed by atoms with Gasteiger partial charge in [-0.1, -0.05) is 19.9 Å². The smallest absolute Gasteiger partial charge is 0.257 e. The summed E-state index contributed by atoms with van der Waals surface area (Å²) >= 11 is 0. The molecule has 1 rings (SSSR count). The van der Waals surface area contributed by atoms with Crippen LogP contribution in [0.25, 0.3) is 0 Å². The van der Waals surface area contributed by atoms with Crippen molar-refractivity contribution >= 4 is 11.6 Å². The second-order valence-electron chi connectivity index (χ2n) is 4.85. The Morgan fingerprint density at radius 1 is 1.53 bits per heavy atom. The fraction of sp³-hybridized carbons (Fsp3) is 0.400. The topological polar surface area (TPSA) is 64.3 Å². The summed E-state index contributed by atoms with van der Waals surface area (Å²) in [5.74, 6) is 0.987. The van der Waals surface area contributed by atoms with Gasteiger partial charge in [0.05, 0.1) is 0 Å². The van der Waals surface area contributed by atoms with E-state index in [9.17, 15) is 4.79 Å². The predicted molar refractivity (Wildman–Crippen MR) is 78.1 cm³/mol. The Labute approximate surface area is 114 Å². The van der Waals surface area contributed by atoms with E-state index in [-0.39, 0.29) is 12.5 Å². The Balaban J connectivity index is 2.57. The molecule has 3 N–H and O–H groups in total. The number of hydrogen-bond acceptors (Lipinski definition) is 3. The highest BCUT2D eigenvalue weighted by molar-refractivity contribution is 5.77. The van der Waals surface area contributed by atoms with Crippen LogP contribution in [0.15, 0.2) is 30.9 Å². The lowest BCUT2D eigenvalue weighted by Gasteiger charge is -2.12. The molecule has 0 aromatic heterocycles. The van der Waals surface area contributed by atoms with E-state index in [2.05, 4.69) is 11.9 Å². The SMILES string of the molecule is C=CCc1cc(N)ccc1OCC(=O)NCC(C)C. The standard InChI is InChI=1S/C15H22N2O2/c1-4-5-12-8-13(16)6-7-14(12)19-10-15(18)17-9-11(2)3/h4,6-8,11H,1,5,9-10,16H2,2-3H3,(H,17,18). The molecule has 0 aliphatic carbocycles. The van der Waals surface area contributed by atoms with E-state index in [0.29, 0.717) is 30.3 Å². The van der Waals surface area contributed by atoms with Crippen LogP contribution in [0.2, 0.25) is 0 Å². The zero-order chi connectivity index (χ0) is 14.3. The first-order chi connectivity index (χ1) is 9.02. The van der Waals surface area contributed by atoms with Crippen molar-refractivity contribution in [2.45, 2.75) is 20.3 Å². The molecule has 19 heavy (non-hydrogen) atoms. The van der Waals surface area contributed by atoms with Crippen molar-refractivity contribution < 1.29 is 9.53 Å². The summed E-state index contributed by atoms with van der Waals surface area (Å²) in [6.07, 6.45) is 2.44. The van der Waals surface area contributed by atoms with Crippen molar-refractivity contribution in [3.8, 4) is 5.75 Å². The molecule has 4 nitrogen and oxygen atoms in total. The number of carbonyl (C=O) groups is 1. The summed E-state index contributed by atoms with van der Waals surface area (Å²) < 4.78 is 5.52. The Morgan fingerprint density at radius 3 is 2.89 bits per heavy atom. The molecule has 0 aliphatic rings. The molecule has 1 aromatic rings. The Hall–Kier alpha value is -1.97. The second kappa shape index (κ2) is 7.46. The maximum atomic E-state index is 11.6. The van der Waals surface area contributed by atoms with Gasteiger partial charge in [0, 0.05) is 12.2 Å². The number of rotatable bonds is 7. The number of anilines is 1. The third kappa shape index (κ3) is 5.46. The van der Waals surface area contributed by atoms with Crippen molar-refractivity contribution in [1.82, 2.24) is 5.32 Å². The van der Waals surface area contributed by atoms with E-state index in [1.807, 2.05) is 19.9 Å². The molecule has 0 heterocycles. The number of hydrogen-bond donors (Lipinski definition) is 2. The number of ether oxygens (including phenoxy) is 1. The van der Waals surface area contributed by atoms with Crippen molar-refractivity contribution in [3.05, 3.63) is 36.4 Å². The lowest BCUT2D eigenvalue weighted by Crippen LogP contribution is -2.31. The lowest BCUT2D eigenvalue weighted by molar-refractivity contribution is -0.123. The maximum Gasteiger partial charge on any atom is 0.257 e. The molecule has 4 heteroatoms. The first kappa shape index (κ1) is 15.1. The molecule has 0 radical (unpaired) electrons. The summed E-state index contributed by atoms with van der Waals surface area (Å²) in [4.78, 5) is 11.6. The summed E-state index contributed by atoms with van der Waals surface area (Å²) in [7, 11) is 0. The number of carbonyl (C=O) groups excluding carboxylic acids is 1. The normalized spacial score (nSPS) is 10.3. The minimum atomic E-state index is -0.116. The van der Waals surface area contributed by atoms with E-state index >= 15 is 0 Å². The second-order valence-corrected chi connectivity index (χ2v) is 4.85. The van der Waals surface area contributed by atoms with Crippen LogP contribution in [0, 0.1) is 5.92 Å². The van der Waals surface area contributed by atoms with Crippen LogP contribution in [-0.2, 0) is 11.2 Å². The monoisotopic (exact) mass is 262 g/mol. The van der Waals surface area contributed by atoms with Gasteiger partial charge in [-0.05, 0) is 36.1 Å². The van der Waals surface area contributed by atoms with Crippen LogP contribution in [0.1, 0.15) is 19.4 Å². The van der Waals surface area contributed by atoms with Crippen molar-refractivity contribution in [2.75, 3.05) is 18.9 Å². The molecule has 104 valence electrons. The molecule has 0 unspecified atom stereocenters. The van der Waals surface area contributed by atoms with E-state index in [4.69, 9.17) is 10.5 Å². The zero-order valence-corrected chi connectivity index (χ0v) is 11.6. The van der Waals surface area contributed by atoms with Gasteiger partial charge in [-0.15, -0.1) is 6.58 Å². The third-order valence-corrected chi connectivity index (χ3v) is 2.52. The number of nitrogen functional groups attached to an aromatic ring is 1. The molecule has 0 aliphatic heterocycles. The van der Waals surface area contributed by atoms with Gasteiger partial charge in [0.2, 0.25) is 0 Å². The average Bonchev–Trinajstić information content (AvgIpc) is 2.35. The Bertz CT molecular complexity index is 442. The lowest BCUT2D eigenvalue weighted by atomic mass is 10.1. The molecular formula is C15H22N2O2. The number of nitrogens with one attached hydrogen (secondary N) is 1. The number of benzene rings is 1. The van der Waals surface area contributed by atoms with Crippen LogP contribution in [-0.4, -0.2) is 19.1 Å². The molecule has 1 amide bonds. The van der Waals surface area contributed by atoms with Crippen molar-refractivity contribution in [3.63, 3.8) is 0 Å². The van der Waals surface area contributed by atoms with Gasteiger partial charge in [0.1, 0.15) is 5.75 Å². The zero-order valence-electron chi connectivity index (χ0n) is 11.6. The van der Waals surface area contributed by atoms with Gasteiger partial charge in [-0.25, -0.2) is 0 Å². The highest BCUT2D eigenvalue weighted by Gasteiger charge is 2.07. The molecule has 0 bridgehead atoms. The van der Waals surface area contributed by atoms with Crippen LogP contribution in [0.3, 0.4) is 0 Å². The number of amides is 1. The third-order valence-electron chi connectivity index (χ3n) is 2.52. The fourth-order valence-corrected chi connectivity index (χ4v) is 1.57. The van der Waals surface area contributed by atoms with Gasteiger partial charge >= 0.3 is 0 Å². The molecule has 0 saturated heterocycles. The largest absolute Gasteiger partial charge is 0.483 e. The van der Waals surface area contributed by atoms with E-state index in [1.54, 1.807) is 18.2 Å². The van der Waals surface area contributed by atoms with Gasteiger partial charge in [0.25, 0.3) is 5.91 Å². The molecule has 0 atom stereocenters. The average molecular weight is 262 g/mol. The molecular weight excluding hydrogens is 240 g/mol. The highest BCUT2D eigenvalue weighted by Crippen LogP contribution is 2.22. The minimum absolute atomic E-state index is 0.0147. The van der Waals surface area contributed by atoms with Gasteiger partial charge in [-0.2, -0.15) is 0 Å². The van der Waals surface area contributed by atoms with E-state index in [1.165, 1.54) is 0 Å². The Morgan fingerprint density at radius 2 is 2.26 bits per heavy atom. The van der Waals surface area contributed by atoms with Gasteiger partial charge in [-0.3, -0.25) is 4.79 Å². The first-order valence-corrected chi connectivity index (χ1v) is 6.41. The predicted octanol–water partition coefficient (Wildman–Crippen LogP) is 2.15. The summed E-state index contributed by atoms with van der Waals surface area (Å²) in [5.41, 5.74) is 7.34. The van der Waals surface area contributed by atoms with Crippen LogP contribution < -0.4 is 15.8 Å². The van der Waals surface area contributed by atoms with Crippen LogP contribution in [0.5, 0.6) is 5.75 Å². The van der Waals surface area contributed by atoms with Crippen molar-refractivity contribution in [2.24, 2.45) is 5.92 Å². The molecule has 0 fully saturated rings. The summed E-state index contributed by atoms with van der Waals surface area (Å²) in [6, 6.07) is 5.38. The fourth-order valence-electron chi connectivity index (χ4n) is 1.57. The maximum absolute atomic E-state index is 11.6. The molecule has 1 aromatic carbocycles. The first-order valence-electron chi connectivity index (χ1n) is 6.41. The quantitative estimate of drug-likeness (QED) is 0.584. The minimum Gasteiger partial charge on any atom is -0.483 e. The van der Waals surface area contributed by atoms with Crippen LogP contribution >= 0.6 is 0 Å².